The summed E-state index contributed by atoms with van der Waals surface area (Å²) in [5, 5.41) is 7.83. The fourth-order valence-electron chi connectivity index (χ4n) is 2.44. The van der Waals surface area contributed by atoms with Crippen LogP contribution in [0.3, 0.4) is 0 Å². The number of hydrogen-bond acceptors (Lipinski definition) is 3. The molecule has 0 radical (unpaired) electrons. The van der Waals surface area contributed by atoms with Crippen molar-refractivity contribution in [3.05, 3.63) is 18.5 Å². The van der Waals surface area contributed by atoms with Crippen molar-refractivity contribution in [1.82, 2.24) is 20.0 Å². The number of aromatic nitrogens is 2. The van der Waals surface area contributed by atoms with Crippen LogP contribution in [0.5, 0.6) is 0 Å². The highest BCUT2D eigenvalue weighted by Crippen LogP contribution is 2.12. The Hall–Kier alpha value is -0.870. The summed E-state index contributed by atoms with van der Waals surface area (Å²) in [6.45, 7) is 9.02. The SMILES string of the molecule is CC(C)N1CCC(NCCn2cccn2)CC1. The summed E-state index contributed by atoms with van der Waals surface area (Å²) in [6, 6.07) is 3.36. The van der Waals surface area contributed by atoms with E-state index in [2.05, 4.69) is 29.2 Å². The Kier molecular flexibility index (Phi) is 4.57. The molecule has 96 valence electrons. The number of likely N-dealkylation sites (tertiary alicyclic amines) is 1. The summed E-state index contributed by atoms with van der Waals surface area (Å²) in [5.74, 6) is 0. The van der Waals surface area contributed by atoms with Crippen molar-refractivity contribution in [2.75, 3.05) is 19.6 Å². The Morgan fingerprint density at radius 2 is 2.12 bits per heavy atom. The third-order valence-corrected chi connectivity index (χ3v) is 3.59. The normalized spacial score (nSPS) is 19.0. The Morgan fingerprint density at radius 1 is 1.35 bits per heavy atom. The second kappa shape index (κ2) is 6.17. The summed E-state index contributed by atoms with van der Waals surface area (Å²) >= 11 is 0. The second-order valence-corrected chi connectivity index (χ2v) is 5.13. The van der Waals surface area contributed by atoms with Crippen LogP contribution in [0, 0.1) is 0 Å². The minimum Gasteiger partial charge on any atom is -0.312 e. The largest absolute Gasteiger partial charge is 0.312 e. The molecule has 4 heteroatoms. The highest BCUT2D eigenvalue weighted by atomic mass is 15.3. The van der Waals surface area contributed by atoms with Crippen molar-refractivity contribution >= 4 is 0 Å². The van der Waals surface area contributed by atoms with E-state index in [4.69, 9.17) is 0 Å². The van der Waals surface area contributed by atoms with Crippen LogP contribution in [-0.4, -0.2) is 46.4 Å². The Bertz CT molecular complexity index is 299. The van der Waals surface area contributed by atoms with E-state index in [1.807, 2.05) is 23.1 Å². The number of nitrogens with one attached hydrogen (secondary N) is 1. The average molecular weight is 236 g/mol. The second-order valence-electron chi connectivity index (χ2n) is 5.13. The monoisotopic (exact) mass is 236 g/mol. The molecule has 17 heavy (non-hydrogen) atoms. The molecule has 1 N–H and O–H groups in total. The van der Waals surface area contributed by atoms with Gasteiger partial charge in [-0.3, -0.25) is 4.68 Å². The zero-order chi connectivity index (χ0) is 12.1. The lowest BCUT2D eigenvalue weighted by molar-refractivity contribution is 0.161. The van der Waals surface area contributed by atoms with E-state index in [9.17, 15) is 0 Å². The standard InChI is InChI=1S/C13H24N4/c1-12(2)16-9-4-13(5-10-16)14-7-11-17-8-3-6-15-17/h3,6,8,12-14H,4-5,7,9-11H2,1-2H3. The van der Waals surface area contributed by atoms with Gasteiger partial charge in [-0.2, -0.15) is 5.10 Å². The van der Waals surface area contributed by atoms with E-state index < -0.39 is 0 Å². The van der Waals surface area contributed by atoms with Crippen molar-refractivity contribution in [3.8, 4) is 0 Å². The van der Waals surface area contributed by atoms with Crippen molar-refractivity contribution in [2.24, 2.45) is 0 Å². The quantitative estimate of drug-likeness (QED) is 0.837. The van der Waals surface area contributed by atoms with Gasteiger partial charge in [0.25, 0.3) is 0 Å². The summed E-state index contributed by atoms with van der Waals surface area (Å²) in [4.78, 5) is 2.56. The van der Waals surface area contributed by atoms with Crippen LogP contribution in [0.25, 0.3) is 0 Å². The summed E-state index contributed by atoms with van der Waals surface area (Å²) in [7, 11) is 0. The van der Waals surface area contributed by atoms with E-state index in [1.54, 1.807) is 0 Å². The molecule has 0 aliphatic carbocycles. The third-order valence-electron chi connectivity index (χ3n) is 3.59. The summed E-state index contributed by atoms with van der Waals surface area (Å²) < 4.78 is 1.98. The highest BCUT2D eigenvalue weighted by molar-refractivity contribution is 4.80. The van der Waals surface area contributed by atoms with Crippen LogP contribution in [0.15, 0.2) is 18.5 Å². The topological polar surface area (TPSA) is 33.1 Å². The molecule has 0 saturated carbocycles. The van der Waals surface area contributed by atoms with Gasteiger partial charge in [-0.15, -0.1) is 0 Å². The number of nitrogens with zero attached hydrogens (tertiary/aromatic N) is 3. The minimum atomic E-state index is 0.694. The van der Waals surface area contributed by atoms with Gasteiger partial charge in [0, 0.05) is 31.0 Å². The smallest absolute Gasteiger partial charge is 0.0534 e. The Balaban J connectivity index is 1.62. The molecule has 1 aliphatic rings. The number of piperidine rings is 1. The maximum absolute atomic E-state index is 4.20. The maximum atomic E-state index is 4.20. The molecule has 1 aromatic rings. The minimum absolute atomic E-state index is 0.694. The maximum Gasteiger partial charge on any atom is 0.0534 e. The lowest BCUT2D eigenvalue weighted by Crippen LogP contribution is -2.45. The van der Waals surface area contributed by atoms with Gasteiger partial charge in [0.2, 0.25) is 0 Å². The van der Waals surface area contributed by atoms with Crippen LogP contribution in [0.4, 0.5) is 0 Å². The predicted octanol–water partition coefficient (Wildman–Crippen LogP) is 1.35. The van der Waals surface area contributed by atoms with E-state index in [1.165, 1.54) is 25.9 Å². The average Bonchev–Trinajstić information content (AvgIpc) is 2.83. The molecule has 2 heterocycles. The molecule has 0 spiro atoms. The molecule has 0 aromatic carbocycles. The fourth-order valence-corrected chi connectivity index (χ4v) is 2.44. The summed E-state index contributed by atoms with van der Waals surface area (Å²) in [6.07, 6.45) is 6.40. The zero-order valence-electron chi connectivity index (χ0n) is 11.0. The third kappa shape index (κ3) is 3.82. The molecule has 0 atom stereocenters. The van der Waals surface area contributed by atoms with Crippen molar-refractivity contribution in [3.63, 3.8) is 0 Å². The van der Waals surface area contributed by atoms with E-state index in [-0.39, 0.29) is 0 Å². The highest BCUT2D eigenvalue weighted by Gasteiger charge is 2.19. The first-order valence-electron chi connectivity index (χ1n) is 6.70. The van der Waals surface area contributed by atoms with E-state index >= 15 is 0 Å². The van der Waals surface area contributed by atoms with Gasteiger partial charge in [-0.05, 0) is 45.8 Å². The van der Waals surface area contributed by atoms with Gasteiger partial charge in [-0.1, -0.05) is 0 Å². The van der Waals surface area contributed by atoms with Crippen molar-refractivity contribution in [2.45, 2.75) is 45.3 Å². The molecule has 1 aromatic heterocycles. The van der Waals surface area contributed by atoms with E-state index in [0.29, 0.717) is 12.1 Å². The van der Waals surface area contributed by atoms with Crippen LogP contribution in [0.2, 0.25) is 0 Å². The first-order chi connectivity index (χ1) is 8.25. The van der Waals surface area contributed by atoms with Gasteiger partial charge in [-0.25, -0.2) is 0 Å². The molecule has 0 unspecified atom stereocenters. The lowest BCUT2D eigenvalue weighted by Gasteiger charge is -2.35. The van der Waals surface area contributed by atoms with Crippen LogP contribution >= 0.6 is 0 Å². The van der Waals surface area contributed by atoms with Crippen LogP contribution in [0.1, 0.15) is 26.7 Å². The Labute approximate surface area is 104 Å². The summed E-state index contributed by atoms with van der Waals surface area (Å²) in [5.41, 5.74) is 0. The molecular formula is C13H24N4. The molecular weight excluding hydrogens is 212 g/mol. The molecule has 1 fully saturated rings. The zero-order valence-corrected chi connectivity index (χ0v) is 11.0. The molecule has 1 aliphatic heterocycles. The van der Waals surface area contributed by atoms with E-state index in [0.717, 1.165) is 13.1 Å². The van der Waals surface area contributed by atoms with Gasteiger partial charge < -0.3 is 10.2 Å². The van der Waals surface area contributed by atoms with Crippen molar-refractivity contribution < 1.29 is 0 Å². The molecule has 1 saturated heterocycles. The molecule has 2 rings (SSSR count). The van der Waals surface area contributed by atoms with Gasteiger partial charge in [0.15, 0.2) is 0 Å². The first kappa shape index (κ1) is 12.6. The fraction of sp³-hybridized carbons (Fsp3) is 0.769. The Morgan fingerprint density at radius 3 is 2.71 bits per heavy atom. The molecule has 0 bridgehead atoms. The number of hydrogen-bond donors (Lipinski definition) is 1. The number of rotatable bonds is 5. The predicted molar refractivity (Wildman–Crippen MR) is 70.0 cm³/mol. The van der Waals surface area contributed by atoms with Gasteiger partial charge in [0.05, 0.1) is 6.54 Å². The molecule has 0 amide bonds. The lowest BCUT2D eigenvalue weighted by atomic mass is 10.0. The van der Waals surface area contributed by atoms with Crippen molar-refractivity contribution in [1.29, 1.82) is 0 Å². The van der Waals surface area contributed by atoms with Crippen LogP contribution in [-0.2, 0) is 6.54 Å². The first-order valence-corrected chi connectivity index (χ1v) is 6.70. The van der Waals surface area contributed by atoms with Gasteiger partial charge >= 0.3 is 0 Å². The van der Waals surface area contributed by atoms with Crippen LogP contribution < -0.4 is 5.32 Å². The van der Waals surface area contributed by atoms with Gasteiger partial charge in [0.1, 0.15) is 0 Å². The molecule has 4 nitrogen and oxygen atoms in total.